The molecule has 0 saturated carbocycles. The SMILES string of the molecule is CN(C)c1ccc(C#Cc2nc3c4cccnc4c4ncccc4c3nc2C#Cc2ccc(N(C)C)cc2)cc1. The van der Waals surface area contributed by atoms with Crippen molar-refractivity contribution in [1.29, 1.82) is 0 Å². The Bertz CT molecular complexity index is 1860. The molecule has 3 aromatic carbocycles. The van der Waals surface area contributed by atoms with Crippen molar-refractivity contribution in [3.05, 3.63) is 108 Å². The van der Waals surface area contributed by atoms with Crippen LogP contribution in [-0.2, 0) is 0 Å². The Morgan fingerprint density at radius 1 is 0.475 bits per heavy atom. The number of aromatic nitrogens is 4. The molecule has 3 aromatic heterocycles. The lowest BCUT2D eigenvalue weighted by molar-refractivity contribution is 1.13. The first kappa shape index (κ1) is 24.9. The van der Waals surface area contributed by atoms with Crippen LogP contribution in [0, 0.1) is 23.7 Å². The fraction of sp³-hybridized carbons (Fsp3) is 0.118. The van der Waals surface area contributed by atoms with Crippen molar-refractivity contribution < 1.29 is 0 Å². The van der Waals surface area contributed by atoms with Gasteiger partial charge in [0.2, 0.25) is 0 Å². The molecule has 0 fully saturated rings. The Kier molecular flexibility index (Phi) is 6.44. The number of benzene rings is 3. The number of hydrogen-bond acceptors (Lipinski definition) is 6. The van der Waals surface area contributed by atoms with Gasteiger partial charge in [0, 0.05) is 73.9 Å². The standard InChI is InChI=1S/C34H26N6/c1-39(2)25-15-9-23(10-16-25)13-19-29-30(20-14-24-11-17-26(18-12-24)40(3)4)38-34-28-8-6-22-36-32(28)31-27(33(34)37-29)7-5-21-35-31/h5-12,15-18,21-22H,1-4H3. The molecule has 192 valence electrons. The van der Waals surface area contributed by atoms with Gasteiger partial charge in [-0.25, -0.2) is 9.97 Å². The van der Waals surface area contributed by atoms with Crippen LogP contribution in [0.1, 0.15) is 22.5 Å². The van der Waals surface area contributed by atoms with E-state index in [2.05, 4.69) is 43.4 Å². The normalized spacial score (nSPS) is 10.6. The molecule has 0 bridgehead atoms. The van der Waals surface area contributed by atoms with E-state index in [4.69, 9.17) is 9.97 Å². The largest absolute Gasteiger partial charge is 0.378 e. The maximum atomic E-state index is 5.04. The Balaban J connectivity index is 1.56. The smallest absolute Gasteiger partial charge is 0.148 e. The molecule has 0 aliphatic heterocycles. The zero-order valence-corrected chi connectivity index (χ0v) is 22.8. The van der Waals surface area contributed by atoms with Gasteiger partial charge < -0.3 is 9.80 Å². The predicted molar refractivity (Wildman–Crippen MR) is 164 cm³/mol. The van der Waals surface area contributed by atoms with Crippen LogP contribution in [0.4, 0.5) is 11.4 Å². The van der Waals surface area contributed by atoms with Crippen molar-refractivity contribution in [2.24, 2.45) is 0 Å². The van der Waals surface area contributed by atoms with Gasteiger partial charge in [-0.3, -0.25) is 9.97 Å². The van der Waals surface area contributed by atoms with Gasteiger partial charge in [0.25, 0.3) is 0 Å². The minimum atomic E-state index is 0.523. The number of rotatable bonds is 2. The summed E-state index contributed by atoms with van der Waals surface area (Å²) in [6, 6.07) is 24.0. The first-order chi connectivity index (χ1) is 19.5. The average Bonchev–Trinajstić information content (AvgIpc) is 2.99. The van der Waals surface area contributed by atoms with Gasteiger partial charge in [0.1, 0.15) is 22.4 Å². The van der Waals surface area contributed by atoms with Crippen molar-refractivity contribution in [3.8, 4) is 23.7 Å². The van der Waals surface area contributed by atoms with E-state index in [1.165, 1.54) is 0 Å². The van der Waals surface area contributed by atoms with E-state index >= 15 is 0 Å². The van der Waals surface area contributed by atoms with E-state index in [0.717, 1.165) is 55.3 Å². The zero-order chi connectivity index (χ0) is 27.6. The summed E-state index contributed by atoms with van der Waals surface area (Å²) in [6.45, 7) is 0. The van der Waals surface area contributed by atoms with Crippen LogP contribution in [0.2, 0.25) is 0 Å². The quantitative estimate of drug-likeness (QED) is 0.218. The van der Waals surface area contributed by atoms with Crippen molar-refractivity contribution in [2.75, 3.05) is 38.0 Å². The van der Waals surface area contributed by atoms with Gasteiger partial charge in [-0.05, 0) is 84.6 Å². The highest BCUT2D eigenvalue weighted by atomic mass is 15.1. The topological polar surface area (TPSA) is 58.0 Å². The molecule has 0 atom stereocenters. The van der Waals surface area contributed by atoms with E-state index in [0.29, 0.717) is 11.4 Å². The molecular formula is C34H26N6. The lowest BCUT2D eigenvalue weighted by Crippen LogP contribution is -2.07. The van der Waals surface area contributed by atoms with Crippen molar-refractivity contribution >= 4 is 44.2 Å². The molecule has 0 saturated heterocycles. The fourth-order valence-electron chi connectivity index (χ4n) is 4.50. The molecular weight excluding hydrogens is 492 g/mol. The highest BCUT2D eigenvalue weighted by Crippen LogP contribution is 2.31. The Labute approximate surface area is 233 Å². The molecule has 0 aliphatic carbocycles. The van der Waals surface area contributed by atoms with Crippen molar-refractivity contribution in [1.82, 2.24) is 19.9 Å². The average molecular weight is 519 g/mol. The Morgan fingerprint density at radius 2 is 0.875 bits per heavy atom. The molecule has 40 heavy (non-hydrogen) atoms. The predicted octanol–water partition coefficient (Wildman–Crippen LogP) is 5.66. The third-order valence-corrected chi connectivity index (χ3v) is 6.66. The summed E-state index contributed by atoms with van der Waals surface area (Å²) in [6.07, 6.45) is 3.55. The van der Waals surface area contributed by atoms with Gasteiger partial charge in [-0.15, -0.1) is 0 Å². The van der Waals surface area contributed by atoms with E-state index in [1.807, 2.05) is 101 Å². The molecule has 0 aliphatic rings. The summed E-state index contributed by atoms with van der Waals surface area (Å²) >= 11 is 0. The van der Waals surface area contributed by atoms with Gasteiger partial charge in [-0.2, -0.15) is 0 Å². The third kappa shape index (κ3) is 4.75. The summed E-state index contributed by atoms with van der Waals surface area (Å²) in [7, 11) is 8.07. The van der Waals surface area contributed by atoms with E-state index < -0.39 is 0 Å². The number of anilines is 2. The van der Waals surface area contributed by atoms with Crippen LogP contribution in [-0.4, -0.2) is 48.1 Å². The van der Waals surface area contributed by atoms with Crippen molar-refractivity contribution in [2.45, 2.75) is 0 Å². The molecule has 6 heteroatoms. The van der Waals surface area contributed by atoms with E-state index in [-0.39, 0.29) is 0 Å². The van der Waals surface area contributed by atoms with Crippen LogP contribution >= 0.6 is 0 Å². The first-order valence-electron chi connectivity index (χ1n) is 12.9. The second-order valence-corrected chi connectivity index (χ2v) is 9.80. The molecule has 0 N–H and O–H groups in total. The molecule has 6 nitrogen and oxygen atoms in total. The Hall–Kier alpha value is -5.46. The van der Waals surface area contributed by atoms with Gasteiger partial charge in [0.15, 0.2) is 0 Å². The lowest BCUT2D eigenvalue weighted by atomic mass is 10.1. The molecule has 0 spiro atoms. The van der Waals surface area contributed by atoms with E-state index in [9.17, 15) is 0 Å². The number of fused-ring (bicyclic) bond motifs is 6. The summed E-state index contributed by atoms with van der Waals surface area (Å²) < 4.78 is 0. The van der Waals surface area contributed by atoms with Crippen LogP contribution in [0.3, 0.4) is 0 Å². The third-order valence-electron chi connectivity index (χ3n) is 6.66. The number of pyridine rings is 2. The summed E-state index contributed by atoms with van der Waals surface area (Å²) in [5.41, 5.74) is 8.10. The van der Waals surface area contributed by atoms with Gasteiger partial charge >= 0.3 is 0 Å². The molecule has 3 heterocycles. The minimum absolute atomic E-state index is 0.523. The molecule has 0 radical (unpaired) electrons. The summed E-state index contributed by atoms with van der Waals surface area (Å²) in [5.74, 6) is 13.0. The Morgan fingerprint density at radius 3 is 1.25 bits per heavy atom. The van der Waals surface area contributed by atoms with Crippen LogP contribution in [0.5, 0.6) is 0 Å². The highest BCUT2D eigenvalue weighted by Gasteiger charge is 2.15. The molecule has 6 aromatic rings. The van der Waals surface area contributed by atoms with Crippen LogP contribution < -0.4 is 9.80 Å². The van der Waals surface area contributed by atoms with Gasteiger partial charge in [-0.1, -0.05) is 11.8 Å². The van der Waals surface area contributed by atoms with E-state index in [1.54, 1.807) is 12.4 Å². The molecule has 0 amide bonds. The second-order valence-electron chi connectivity index (χ2n) is 9.80. The fourth-order valence-corrected chi connectivity index (χ4v) is 4.50. The van der Waals surface area contributed by atoms with Crippen LogP contribution in [0.15, 0.2) is 85.2 Å². The molecule has 6 rings (SSSR count). The monoisotopic (exact) mass is 518 g/mol. The zero-order valence-electron chi connectivity index (χ0n) is 22.8. The maximum Gasteiger partial charge on any atom is 0.148 e. The number of hydrogen-bond donors (Lipinski definition) is 0. The molecule has 0 unspecified atom stereocenters. The lowest BCUT2D eigenvalue weighted by Gasteiger charge is -2.11. The summed E-state index contributed by atoms with van der Waals surface area (Å²) in [4.78, 5) is 23.4. The second kappa shape index (κ2) is 10.4. The first-order valence-corrected chi connectivity index (χ1v) is 12.9. The number of nitrogens with zero attached hydrogens (tertiary/aromatic N) is 6. The van der Waals surface area contributed by atoms with Crippen molar-refractivity contribution in [3.63, 3.8) is 0 Å². The maximum absolute atomic E-state index is 5.04. The van der Waals surface area contributed by atoms with Gasteiger partial charge in [0.05, 0.1) is 11.0 Å². The van der Waals surface area contributed by atoms with Crippen LogP contribution in [0.25, 0.3) is 32.8 Å². The minimum Gasteiger partial charge on any atom is -0.378 e. The highest BCUT2D eigenvalue weighted by molar-refractivity contribution is 6.20. The summed E-state index contributed by atoms with van der Waals surface area (Å²) in [5, 5.41) is 1.77.